The van der Waals surface area contributed by atoms with E-state index in [1.807, 2.05) is 0 Å². The molecule has 0 saturated carbocycles. The summed E-state index contributed by atoms with van der Waals surface area (Å²) in [6.07, 6.45) is -2.83. The molecule has 0 aliphatic carbocycles. The monoisotopic (exact) mass is 457 g/mol. The van der Waals surface area contributed by atoms with Gasteiger partial charge in [0.15, 0.2) is 0 Å². The lowest BCUT2D eigenvalue weighted by Crippen LogP contribution is -2.12. The third-order valence-corrected chi connectivity index (χ3v) is 4.80. The molecule has 0 fully saturated rings. The van der Waals surface area contributed by atoms with Gasteiger partial charge in [0.25, 0.3) is 11.6 Å². The van der Waals surface area contributed by atoms with E-state index < -0.39 is 18.0 Å². The zero-order valence-corrected chi connectivity index (χ0v) is 17.6. The van der Waals surface area contributed by atoms with Crippen LogP contribution in [0.5, 0.6) is 17.4 Å². The van der Waals surface area contributed by atoms with E-state index in [1.165, 1.54) is 0 Å². The predicted molar refractivity (Wildman–Crippen MR) is 110 cm³/mol. The molecule has 170 valence electrons. The van der Waals surface area contributed by atoms with Gasteiger partial charge in [-0.05, 0) is 56.2 Å². The van der Waals surface area contributed by atoms with E-state index in [4.69, 9.17) is 9.47 Å². The van der Waals surface area contributed by atoms with Crippen LogP contribution in [0.2, 0.25) is 0 Å². The van der Waals surface area contributed by atoms with Crippen molar-refractivity contribution in [1.82, 2.24) is 24.6 Å². The lowest BCUT2D eigenvalue weighted by atomic mass is 10.1. The first kappa shape index (κ1) is 22.2. The van der Waals surface area contributed by atoms with Crippen LogP contribution in [0.3, 0.4) is 0 Å². The topological polar surface area (TPSA) is 91.5 Å². The number of fused-ring (bicyclic) bond motifs is 1. The molecule has 0 aliphatic rings. The molecule has 3 aromatic heterocycles. The maximum Gasteiger partial charge on any atom is 0.453 e. The first-order valence-electron chi connectivity index (χ1n) is 9.90. The number of hydrogen-bond donors (Lipinski definition) is 0. The number of alkyl halides is 3. The molecule has 0 N–H and O–H groups in total. The van der Waals surface area contributed by atoms with Gasteiger partial charge in [-0.25, -0.2) is 14.5 Å². The molecule has 33 heavy (non-hydrogen) atoms. The number of halogens is 3. The number of ether oxygens (including phenoxy) is 2. The van der Waals surface area contributed by atoms with Gasteiger partial charge in [-0.3, -0.25) is 4.79 Å². The Morgan fingerprint density at radius 3 is 2.42 bits per heavy atom. The second kappa shape index (κ2) is 8.85. The van der Waals surface area contributed by atoms with Crippen molar-refractivity contribution in [2.45, 2.75) is 32.9 Å². The van der Waals surface area contributed by atoms with Crippen LogP contribution in [0.1, 0.15) is 29.2 Å². The molecule has 0 bridgehead atoms. The molecule has 0 unspecified atom stereocenters. The van der Waals surface area contributed by atoms with Gasteiger partial charge in [0, 0.05) is 23.7 Å². The second-order valence-corrected chi connectivity index (χ2v) is 7.12. The summed E-state index contributed by atoms with van der Waals surface area (Å²) < 4.78 is 50.7. The van der Waals surface area contributed by atoms with E-state index in [1.54, 1.807) is 62.5 Å². The molecule has 0 radical (unpaired) electrons. The van der Waals surface area contributed by atoms with E-state index in [0.717, 1.165) is 4.52 Å². The highest BCUT2D eigenvalue weighted by Gasteiger charge is 2.37. The number of rotatable bonds is 6. The number of pyridine rings is 1. The van der Waals surface area contributed by atoms with Gasteiger partial charge >= 0.3 is 12.1 Å². The summed E-state index contributed by atoms with van der Waals surface area (Å²) in [5, 5.41) is 3.50. The smallest absolute Gasteiger partial charge is 0.439 e. The predicted octanol–water partition coefficient (Wildman–Crippen LogP) is 4.49. The van der Waals surface area contributed by atoms with Crippen LogP contribution in [0.4, 0.5) is 13.2 Å². The van der Waals surface area contributed by atoms with Crippen molar-refractivity contribution in [3.05, 3.63) is 71.4 Å². The van der Waals surface area contributed by atoms with Crippen LogP contribution in [0.15, 0.2) is 48.7 Å². The zero-order valence-electron chi connectivity index (χ0n) is 17.6. The average molecular weight is 457 g/mol. The first-order valence-corrected chi connectivity index (χ1v) is 9.90. The summed E-state index contributed by atoms with van der Waals surface area (Å²) in [7, 11) is 0. The van der Waals surface area contributed by atoms with E-state index in [-0.39, 0.29) is 18.6 Å². The van der Waals surface area contributed by atoms with Crippen LogP contribution in [-0.2, 0) is 17.4 Å². The standard InChI is InChI=1S/C22H18F3N5O3/c1-13-17(14(2)30-21(27-13)28-20(29-30)22(23,24)25)10-11-19(31)33-16-8-6-15(7-9-16)32-18-5-3-4-12-26-18/h3-9,12H,10-11H2,1-2H3. The lowest BCUT2D eigenvalue weighted by Gasteiger charge is -2.10. The molecule has 0 amide bonds. The van der Waals surface area contributed by atoms with Gasteiger partial charge in [-0.15, -0.1) is 5.10 Å². The Balaban J connectivity index is 1.40. The van der Waals surface area contributed by atoms with Crippen molar-refractivity contribution in [3.8, 4) is 17.4 Å². The largest absolute Gasteiger partial charge is 0.453 e. The molecule has 3 heterocycles. The third kappa shape index (κ3) is 5.08. The van der Waals surface area contributed by atoms with Gasteiger partial charge in [0.05, 0.1) is 6.42 Å². The molecular formula is C22H18F3N5O3. The average Bonchev–Trinajstić information content (AvgIpc) is 3.20. The number of carbonyl (C=O) groups is 1. The maximum atomic E-state index is 12.9. The Hall–Kier alpha value is -4.02. The molecule has 0 aliphatic heterocycles. The van der Waals surface area contributed by atoms with Gasteiger partial charge < -0.3 is 9.47 Å². The Morgan fingerprint density at radius 1 is 1.03 bits per heavy atom. The molecule has 4 rings (SSSR count). The zero-order chi connectivity index (χ0) is 23.6. The highest BCUT2D eigenvalue weighted by Crippen LogP contribution is 2.27. The number of benzene rings is 1. The minimum Gasteiger partial charge on any atom is -0.439 e. The number of carbonyl (C=O) groups excluding carboxylic acids is 1. The highest BCUT2D eigenvalue weighted by molar-refractivity contribution is 5.72. The summed E-state index contributed by atoms with van der Waals surface area (Å²) >= 11 is 0. The number of aryl methyl sites for hydroxylation is 2. The lowest BCUT2D eigenvalue weighted by molar-refractivity contribution is -0.144. The van der Waals surface area contributed by atoms with Gasteiger partial charge in [-0.2, -0.15) is 18.2 Å². The molecule has 0 atom stereocenters. The number of aromatic nitrogens is 5. The van der Waals surface area contributed by atoms with Crippen molar-refractivity contribution in [2.24, 2.45) is 0 Å². The molecule has 8 nitrogen and oxygen atoms in total. The summed E-state index contributed by atoms with van der Waals surface area (Å²) in [6.45, 7) is 3.26. The normalized spacial score (nSPS) is 11.5. The minimum absolute atomic E-state index is 0.00186. The fourth-order valence-corrected chi connectivity index (χ4v) is 3.20. The molecule has 0 spiro atoms. The Bertz CT molecular complexity index is 1290. The summed E-state index contributed by atoms with van der Waals surface area (Å²) in [5.41, 5.74) is 1.52. The van der Waals surface area contributed by atoms with Gasteiger partial charge in [0.2, 0.25) is 5.88 Å². The Morgan fingerprint density at radius 2 is 1.76 bits per heavy atom. The van der Waals surface area contributed by atoms with Crippen LogP contribution in [0, 0.1) is 13.8 Å². The third-order valence-electron chi connectivity index (χ3n) is 4.80. The van der Waals surface area contributed by atoms with Crippen LogP contribution >= 0.6 is 0 Å². The summed E-state index contributed by atoms with van der Waals surface area (Å²) in [6, 6.07) is 11.8. The van der Waals surface area contributed by atoms with Crippen molar-refractivity contribution in [3.63, 3.8) is 0 Å². The van der Waals surface area contributed by atoms with Gasteiger partial charge in [-0.1, -0.05) is 6.07 Å². The summed E-state index contributed by atoms with van der Waals surface area (Å²) in [4.78, 5) is 23.9. The van der Waals surface area contributed by atoms with E-state index in [2.05, 4.69) is 20.1 Å². The van der Waals surface area contributed by atoms with E-state index in [0.29, 0.717) is 34.3 Å². The number of hydrogen-bond acceptors (Lipinski definition) is 7. The Labute approximate surface area is 186 Å². The minimum atomic E-state index is -4.67. The summed E-state index contributed by atoms with van der Waals surface area (Å²) in [5.74, 6) is -0.594. The second-order valence-electron chi connectivity index (χ2n) is 7.12. The van der Waals surface area contributed by atoms with Crippen LogP contribution < -0.4 is 9.47 Å². The molecule has 4 aromatic rings. The molecular weight excluding hydrogens is 439 g/mol. The Kier molecular flexibility index (Phi) is 5.95. The maximum absolute atomic E-state index is 12.9. The van der Waals surface area contributed by atoms with Crippen molar-refractivity contribution in [2.75, 3.05) is 0 Å². The number of esters is 1. The number of nitrogens with zero attached hydrogens (tertiary/aromatic N) is 5. The molecule has 0 saturated heterocycles. The fourth-order valence-electron chi connectivity index (χ4n) is 3.20. The SMILES string of the molecule is Cc1nc2nc(C(F)(F)F)nn2c(C)c1CCC(=O)Oc1ccc(Oc2ccccn2)cc1. The van der Waals surface area contributed by atoms with Crippen LogP contribution in [-0.4, -0.2) is 30.5 Å². The van der Waals surface area contributed by atoms with Crippen molar-refractivity contribution in [1.29, 1.82) is 0 Å². The van der Waals surface area contributed by atoms with Crippen LogP contribution in [0.25, 0.3) is 5.78 Å². The quantitative estimate of drug-likeness (QED) is 0.311. The molecule has 11 heteroatoms. The first-order chi connectivity index (χ1) is 15.7. The highest BCUT2D eigenvalue weighted by atomic mass is 19.4. The van der Waals surface area contributed by atoms with E-state index >= 15 is 0 Å². The van der Waals surface area contributed by atoms with Crippen molar-refractivity contribution >= 4 is 11.7 Å². The van der Waals surface area contributed by atoms with Gasteiger partial charge in [0.1, 0.15) is 11.5 Å². The van der Waals surface area contributed by atoms with Crippen molar-refractivity contribution < 1.29 is 27.4 Å². The fraction of sp³-hybridized carbons (Fsp3) is 0.227. The molecule has 1 aromatic carbocycles. The van der Waals surface area contributed by atoms with E-state index in [9.17, 15) is 18.0 Å².